The Morgan fingerprint density at radius 2 is 2.21 bits per heavy atom. The van der Waals surface area contributed by atoms with E-state index in [9.17, 15) is 13.2 Å². The van der Waals surface area contributed by atoms with E-state index in [4.69, 9.17) is 5.73 Å². The van der Waals surface area contributed by atoms with Gasteiger partial charge in [0.2, 0.25) is 5.95 Å². The molecule has 0 aliphatic carbocycles. The molecule has 14 heavy (non-hydrogen) atoms. The van der Waals surface area contributed by atoms with Crippen LogP contribution in [0.25, 0.3) is 0 Å². The van der Waals surface area contributed by atoms with E-state index >= 15 is 0 Å². The number of hydrogen-bond donors (Lipinski definition) is 1. The molecule has 0 fully saturated rings. The second kappa shape index (κ2) is 4.28. The van der Waals surface area contributed by atoms with Crippen LogP contribution in [-0.4, -0.2) is 12.1 Å². The lowest BCUT2D eigenvalue weighted by Crippen LogP contribution is -2.07. The van der Waals surface area contributed by atoms with Crippen molar-refractivity contribution in [1.29, 1.82) is 0 Å². The molecule has 0 amide bonds. The smallest absolute Gasteiger partial charge is 0.268 e. The van der Waals surface area contributed by atoms with Crippen LogP contribution in [0.15, 0.2) is 6.20 Å². The number of alkyl halides is 2. The standard InChI is InChI=1S/C8H9F3N2O/c1-14-6-4(2-12)8(11)13-3-5(6)7(9)10/h3,7H,2,12H2,1H3. The fourth-order valence-corrected chi connectivity index (χ4v) is 1.10. The summed E-state index contributed by atoms with van der Waals surface area (Å²) in [6, 6.07) is 0. The van der Waals surface area contributed by atoms with E-state index in [1.54, 1.807) is 0 Å². The maximum absolute atomic E-state index is 13.0. The molecule has 0 aromatic carbocycles. The van der Waals surface area contributed by atoms with Crippen LogP contribution < -0.4 is 10.5 Å². The van der Waals surface area contributed by atoms with Gasteiger partial charge >= 0.3 is 0 Å². The summed E-state index contributed by atoms with van der Waals surface area (Å²) < 4.78 is 42.4. The number of rotatable bonds is 3. The van der Waals surface area contributed by atoms with Crippen molar-refractivity contribution in [2.24, 2.45) is 5.73 Å². The zero-order valence-electron chi connectivity index (χ0n) is 7.43. The van der Waals surface area contributed by atoms with Gasteiger partial charge in [0.25, 0.3) is 6.43 Å². The van der Waals surface area contributed by atoms with Gasteiger partial charge in [0.1, 0.15) is 5.75 Å². The third-order valence-corrected chi connectivity index (χ3v) is 1.75. The monoisotopic (exact) mass is 206 g/mol. The number of methoxy groups -OCH3 is 1. The third kappa shape index (κ3) is 1.79. The maximum Gasteiger partial charge on any atom is 0.268 e. The van der Waals surface area contributed by atoms with Crippen LogP contribution in [0.2, 0.25) is 0 Å². The Kier molecular flexibility index (Phi) is 3.29. The summed E-state index contributed by atoms with van der Waals surface area (Å²) in [5, 5.41) is 0. The molecule has 1 rings (SSSR count). The highest BCUT2D eigenvalue weighted by atomic mass is 19.3. The lowest BCUT2D eigenvalue weighted by molar-refractivity contribution is 0.146. The van der Waals surface area contributed by atoms with Gasteiger partial charge in [-0.3, -0.25) is 0 Å². The molecule has 1 aromatic rings. The van der Waals surface area contributed by atoms with Gasteiger partial charge in [0.05, 0.1) is 18.2 Å². The first kappa shape index (κ1) is 10.8. The van der Waals surface area contributed by atoms with Gasteiger partial charge in [-0.2, -0.15) is 4.39 Å². The Bertz CT molecular complexity index is 331. The first-order valence-electron chi connectivity index (χ1n) is 3.81. The molecule has 0 radical (unpaired) electrons. The van der Waals surface area contributed by atoms with Crippen molar-refractivity contribution in [3.05, 3.63) is 23.3 Å². The summed E-state index contributed by atoms with van der Waals surface area (Å²) in [7, 11) is 1.18. The molecule has 0 unspecified atom stereocenters. The van der Waals surface area contributed by atoms with E-state index in [0.717, 1.165) is 6.20 Å². The van der Waals surface area contributed by atoms with E-state index < -0.39 is 17.9 Å². The molecule has 0 spiro atoms. The Balaban J connectivity index is 3.33. The quantitative estimate of drug-likeness (QED) is 0.764. The summed E-state index contributed by atoms with van der Waals surface area (Å²) in [6.45, 7) is -0.234. The molecule has 0 aliphatic rings. The maximum atomic E-state index is 13.0. The second-order valence-corrected chi connectivity index (χ2v) is 2.52. The molecule has 0 aliphatic heterocycles. The molecule has 1 heterocycles. The van der Waals surface area contributed by atoms with Gasteiger partial charge in [0.15, 0.2) is 0 Å². The molecule has 78 valence electrons. The Labute approximate surface area is 78.7 Å². The second-order valence-electron chi connectivity index (χ2n) is 2.52. The average Bonchev–Trinajstić information content (AvgIpc) is 2.16. The molecule has 0 saturated carbocycles. The largest absolute Gasteiger partial charge is 0.496 e. The summed E-state index contributed by atoms with van der Waals surface area (Å²) in [5.74, 6) is -1.11. The summed E-state index contributed by atoms with van der Waals surface area (Å²) in [4.78, 5) is 3.17. The number of ether oxygens (including phenoxy) is 1. The topological polar surface area (TPSA) is 48.1 Å². The zero-order valence-corrected chi connectivity index (χ0v) is 7.43. The highest BCUT2D eigenvalue weighted by Crippen LogP contribution is 2.31. The van der Waals surface area contributed by atoms with Gasteiger partial charge in [-0.15, -0.1) is 0 Å². The van der Waals surface area contributed by atoms with Crippen LogP contribution >= 0.6 is 0 Å². The number of nitrogens with two attached hydrogens (primary N) is 1. The predicted octanol–water partition coefficient (Wildman–Crippen LogP) is 1.63. The molecular weight excluding hydrogens is 197 g/mol. The van der Waals surface area contributed by atoms with Gasteiger partial charge in [-0.05, 0) is 0 Å². The van der Waals surface area contributed by atoms with Crippen LogP contribution in [0.1, 0.15) is 17.6 Å². The highest BCUT2D eigenvalue weighted by Gasteiger charge is 2.20. The van der Waals surface area contributed by atoms with Crippen molar-refractivity contribution in [3.63, 3.8) is 0 Å². The van der Waals surface area contributed by atoms with Crippen LogP contribution in [0.3, 0.4) is 0 Å². The molecule has 0 atom stereocenters. The zero-order chi connectivity index (χ0) is 10.7. The van der Waals surface area contributed by atoms with Crippen LogP contribution in [0.5, 0.6) is 5.75 Å². The SMILES string of the molecule is COc1c(C(F)F)cnc(F)c1CN. The minimum Gasteiger partial charge on any atom is -0.496 e. The van der Waals surface area contributed by atoms with E-state index in [1.807, 2.05) is 0 Å². The fraction of sp³-hybridized carbons (Fsp3) is 0.375. The van der Waals surface area contributed by atoms with Crippen molar-refractivity contribution in [3.8, 4) is 5.75 Å². The number of nitrogens with zero attached hydrogens (tertiary/aromatic N) is 1. The van der Waals surface area contributed by atoms with Crippen LogP contribution in [-0.2, 0) is 6.54 Å². The molecule has 6 heteroatoms. The number of aromatic nitrogens is 1. The molecule has 1 aromatic heterocycles. The number of hydrogen-bond acceptors (Lipinski definition) is 3. The van der Waals surface area contributed by atoms with Gasteiger partial charge in [-0.25, -0.2) is 13.8 Å². The third-order valence-electron chi connectivity index (χ3n) is 1.75. The lowest BCUT2D eigenvalue weighted by atomic mass is 10.1. The molecule has 0 saturated heterocycles. The van der Waals surface area contributed by atoms with E-state index in [2.05, 4.69) is 9.72 Å². The molecule has 0 bridgehead atoms. The Morgan fingerprint density at radius 1 is 1.57 bits per heavy atom. The van der Waals surface area contributed by atoms with Crippen LogP contribution in [0.4, 0.5) is 13.2 Å². The first-order valence-corrected chi connectivity index (χ1v) is 3.81. The van der Waals surface area contributed by atoms with Gasteiger partial charge in [0, 0.05) is 12.7 Å². The van der Waals surface area contributed by atoms with Crippen molar-refractivity contribution in [2.75, 3.05) is 7.11 Å². The molecular formula is C8H9F3N2O. The summed E-state index contributed by atoms with van der Waals surface area (Å²) in [6.07, 6.45) is -2.01. The summed E-state index contributed by atoms with van der Waals surface area (Å²) >= 11 is 0. The number of halogens is 3. The average molecular weight is 206 g/mol. The van der Waals surface area contributed by atoms with Crippen molar-refractivity contribution in [2.45, 2.75) is 13.0 Å². The summed E-state index contributed by atoms with van der Waals surface area (Å²) in [5.41, 5.74) is 4.61. The predicted molar refractivity (Wildman–Crippen MR) is 43.6 cm³/mol. The molecule has 2 N–H and O–H groups in total. The number of pyridine rings is 1. The van der Waals surface area contributed by atoms with Crippen molar-refractivity contribution < 1.29 is 17.9 Å². The lowest BCUT2D eigenvalue weighted by Gasteiger charge is -2.11. The fourth-order valence-electron chi connectivity index (χ4n) is 1.10. The molecule has 3 nitrogen and oxygen atoms in total. The van der Waals surface area contributed by atoms with E-state index in [0.29, 0.717) is 0 Å². The minimum atomic E-state index is -2.76. The van der Waals surface area contributed by atoms with E-state index in [1.165, 1.54) is 7.11 Å². The highest BCUT2D eigenvalue weighted by molar-refractivity contribution is 5.40. The first-order chi connectivity index (χ1) is 6.61. The van der Waals surface area contributed by atoms with E-state index in [-0.39, 0.29) is 17.9 Å². The van der Waals surface area contributed by atoms with Gasteiger partial charge in [-0.1, -0.05) is 0 Å². The normalized spacial score (nSPS) is 10.7. The Morgan fingerprint density at radius 3 is 2.64 bits per heavy atom. The van der Waals surface area contributed by atoms with Gasteiger partial charge < -0.3 is 10.5 Å². The van der Waals surface area contributed by atoms with Crippen molar-refractivity contribution >= 4 is 0 Å². The Hall–Kier alpha value is -1.30. The van der Waals surface area contributed by atoms with Crippen molar-refractivity contribution in [1.82, 2.24) is 4.98 Å². The van der Waals surface area contributed by atoms with Crippen LogP contribution in [0, 0.1) is 5.95 Å². The minimum absolute atomic E-state index is 0.134.